The van der Waals surface area contributed by atoms with Crippen molar-refractivity contribution in [3.05, 3.63) is 29.8 Å². The van der Waals surface area contributed by atoms with Crippen molar-refractivity contribution in [2.45, 2.75) is 44.7 Å². The Balaban J connectivity index is 1.78. The molecule has 1 aliphatic carbocycles. The summed E-state index contributed by atoms with van der Waals surface area (Å²) in [5, 5.41) is 12.2. The Morgan fingerprint density at radius 2 is 2.16 bits per heavy atom. The predicted octanol–water partition coefficient (Wildman–Crippen LogP) is 1.57. The van der Waals surface area contributed by atoms with Gasteiger partial charge in [0.25, 0.3) is 0 Å². The van der Waals surface area contributed by atoms with Crippen molar-refractivity contribution >= 4 is 5.91 Å². The number of nitrogens with one attached hydrogen (secondary N) is 1. The number of nitrogens with two attached hydrogens (primary N) is 1. The summed E-state index contributed by atoms with van der Waals surface area (Å²) < 4.78 is 0. The van der Waals surface area contributed by atoms with E-state index < -0.39 is 6.04 Å². The molecule has 0 heterocycles. The Labute approximate surface area is 114 Å². The molecule has 104 valence electrons. The van der Waals surface area contributed by atoms with Crippen LogP contribution in [0.4, 0.5) is 0 Å². The Hall–Kier alpha value is -1.55. The quantitative estimate of drug-likeness (QED) is 0.728. The smallest absolute Gasteiger partial charge is 0.237 e. The van der Waals surface area contributed by atoms with Gasteiger partial charge in [-0.3, -0.25) is 4.79 Å². The van der Waals surface area contributed by atoms with Gasteiger partial charge in [0, 0.05) is 6.04 Å². The molecule has 0 aliphatic heterocycles. The molecule has 1 saturated carbocycles. The van der Waals surface area contributed by atoms with Crippen LogP contribution in [0.25, 0.3) is 0 Å². The fraction of sp³-hybridized carbons (Fsp3) is 0.533. The van der Waals surface area contributed by atoms with Crippen LogP contribution in [-0.4, -0.2) is 23.1 Å². The molecule has 0 saturated heterocycles. The molecule has 19 heavy (non-hydrogen) atoms. The lowest BCUT2D eigenvalue weighted by Gasteiger charge is -2.12. The van der Waals surface area contributed by atoms with Gasteiger partial charge in [0.2, 0.25) is 5.91 Å². The van der Waals surface area contributed by atoms with Crippen LogP contribution in [0.5, 0.6) is 5.75 Å². The minimum absolute atomic E-state index is 0.0725. The predicted molar refractivity (Wildman–Crippen MR) is 74.7 cm³/mol. The lowest BCUT2D eigenvalue weighted by molar-refractivity contribution is -0.122. The number of phenolic OH excluding ortho intramolecular Hbond substituents is 1. The van der Waals surface area contributed by atoms with E-state index in [2.05, 4.69) is 12.2 Å². The Kier molecular flexibility index (Phi) is 4.43. The molecule has 2 unspecified atom stereocenters. The number of phenols is 1. The third kappa shape index (κ3) is 3.96. The van der Waals surface area contributed by atoms with Crippen molar-refractivity contribution in [1.82, 2.24) is 5.32 Å². The van der Waals surface area contributed by atoms with Crippen molar-refractivity contribution in [3.8, 4) is 5.75 Å². The molecular formula is C15H22N2O2. The van der Waals surface area contributed by atoms with Gasteiger partial charge in [0.05, 0.1) is 6.04 Å². The number of amides is 1. The van der Waals surface area contributed by atoms with Crippen molar-refractivity contribution < 1.29 is 9.90 Å². The molecule has 0 spiro atoms. The van der Waals surface area contributed by atoms with Crippen LogP contribution in [0, 0.1) is 5.92 Å². The Morgan fingerprint density at radius 3 is 2.79 bits per heavy atom. The molecule has 4 heteroatoms. The van der Waals surface area contributed by atoms with Gasteiger partial charge in [-0.05, 0) is 42.9 Å². The number of hydrogen-bond acceptors (Lipinski definition) is 3. The molecule has 0 bridgehead atoms. The van der Waals surface area contributed by atoms with E-state index in [4.69, 9.17) is 5.73 Å². The van der Waals surface area contributed by atoms with Crippen molar-refractivity contribution in [1.29, 1.82) is 0 Å². The maximum Gasteiger partial charge on any atom is 0.237 e. The van der Waals surface area contributed by atoms with Crippen LogP contribution in [0.3, 0.4) is 0 Å². The van der Waals surface area contributed by atoms with Crippen LogP contribution < -0.4 is 11.1 Å². The lowest BCUT2D eigenvalue weighted by Crippen LogP contribution is -2.43. The SMILES string of the molecule is CCCC1CC1NC(=O)[C@H](N)Cc1ccc(O)cc1. The summed E-state index contributed by atoms with van der Waals surface area (Å²) in [4.78, 5) is 11.9. The third-order valence-electron chi connectivity index (χ3n) is 3.64. The van der Waals surface area contributed by atoms with E-state index in [9.17, 15) is 9.90 Å². The second-order valence-electron chi connectivity index (χ2n) is 5.38. The summed E-state index contributed by atoms with van der Waals surface area (Å²) >= 11 is 0. The molecule has 1 aliphatic rings. The van der Waals surface area contributed by atoms with Gasteiger partial charge in [0.1, 0.15) is 5.75 Å². The molecule has 2 rings (SSSR count). The van der Waals surface area contributed by atoms with E-state index in [1.807, 2.05) is 0 Å². The van der Waals surface area contributed by atoms with E-state index in [0.29, 0.717) is 18.4 Å². The number of carbonyl (C=O) groups is 1. The van der Waals surface area contributed by atoms with Crippen LogP contribution >= 0.6 is 0 Å². The maximum absolute atomic E-state index is 11.9. The van der Waals surface area contributed by atoms with Gasteiger partial charge in [-0.15, -0.1) is 0 Å². The van der Waals surface area contributed by atoms with Crippen molar-refractivity contribution in [2.75, 3.05) is 0 Å². The summed E-state index contributed by atoms with van der Waals surface area (Å²) in [6, 6.07) is 6.61. The van der Waals surface area contributed by atoms with Crippen molar-refractivity contribution in [2.24, 2.45) is 11.7 Å². The Bertz CT molecular complexity index is 430. The second kappa shape index (κ2) is 6.06. The van der Waals surface area contributed by atoms with Gasteiger partial charge in [-0.25, -0.2) is 0 Å². The molecule has 4 nitrogen and oxygen atoms in total. The fourth-order valence-electron chi connectivity index (χ4n) is 2.38. The highest BCUT2D eigenvalue weighted by molar-refractivity contribution is 5.82. The summed E-state index contributed by atoms with van der Waals surface area (Å²) in [6.45, 7) is 2.16. The molecule has 1 aromatic carbocycles. The van der Waals surface area contributed by atoms with Crippen LogP contribution in [0.1, 0.15) is 31.7 Å². The van der Waals surface area contributed by atoms with E-state index >= 15 is 0 Å². The number of rotatable bonds is 6. The molecule has 3 atom stereocenters. The first-order valence-corrected chi connectivity index (χ1v) is 6.94. The average Bonchev–Trinajstić information content (AvgIpc) is 3.10. The minimum Gasteiger partial charge on any atom is -0.508 e. The number of aromatic hydroxyl groups is 1. The van der Waals surface area contributed by atoms with E-state index in [0.717, 1.165) is 18.4 Å². The van der Waals surface area contributed by atoms with Crippen LogP contribution in [-0.2, 0) is 11.2 Å². The Morgan fingerprint density at radius 1 is 1.47 bits per heavy atom. The first kappa shape index (κ1) is 13.9. The molecule has 1 fully saturated rings. The van der Waals surface area contributed by atoms with Gasteiger partial charge < -0.3 is 16.2 Å². The summed E-state index contributed by atoms with van der Waals surface area (Å²) in [6.07, 6.45) is 3.93. The topological polar surface area (TPSA) is 75.4 Å². The number of benzene rings is 1. The normalized spacial score (nSPS) is 22.8. The van der Waals surface area contributed by atoms with Gasteiger partial charge in [-0.1, -0.05) is 25.5 Å². The van der Waals surface area contributed by atoms with Crippen LogP contribution in [0.2, 0.25) is 0 Å². The van der Waals surface area contributed by atoms with E-state index in [1.54, 1.807) is 24.3 Å². The van der Waals surface area contributed by atoms with Gasteiger partial charge in [-0.2, -0.15) is 0 Å². The van der Waals surface area contributed by atoms with Gasteiger partial charge >= 0.3 is 0 Å². The zero-order valence-corrected chi connectivity index (χ0v) is 11.3. The molecule has 1 aromatic rings. The minimum atomic E-state index is -0.521. The van der Waals surface area contributed by atoms with E-state index in [-0.39, 0.29) is 11.7 Å². The second-order valence-corrected chi connectivity index (χ2v) is 5.38. The lowest BCUT2D eigenvalue weighted by atomic mass is 10.1. The van der Waals surface area contributed by atoms with Crippen molar-refractivity contribution in [3.63, 3.8) is 0 Å². The maximum atomic E-state index is 11.9. The summed E-state index contributed by atoms with van der Waals surface area (Å²) in [7, 11) is 0. The van der Waals surface area contributed by atoms with Gasteiger partial charge in [0.15, 0.2) is 0 Å². The number of hydrogen-bond donors (Lipinski definition) is 3. The summed E-state index contributed by atoms with van der Waals surface area (Å²) in [5.41, 5.74) is 6.87. The standard InChI is InChI=1S/C15H22N2O2/c1-2-3-11-9-14(11)17-15(19)13(16)8-10-4-6-12(18)7-5-10/h4-7,11,13-14,18H,2-3,8-9,16H2,1H3,(H,17,19)/t11?,13-,14?/m1/s1. The highest BCUT2D eigenvalue weighted by Gasteiger charge is 2.37. The van der Waals surface area contributed by atoms with E-state index in [1.165, 1.54) is 6.42 Å². The molecule has 0 aromatic heterocycles. The molecule has 4 N–H and O–H groups in total. The third-order valence-corrected chi connectivity index (χ3v) is 3.64. The highest BCUT2D eigenvalue weighted by atomic mass is 16.3. The highest BCUT2D eigenvalue weighted by Crippen LogP contribution is 2.34. The zero-order chi connectivity index (χ0) is 13.8. The first-order valence-electron chi connectivity index (χ1n) is 6.94. The summed E-state index contributed by atoms with van der Waals surface area (Å²) in [5.74, 6) is 0.800. The average molecular weight is 262 g/mol. The zero-order valence-electron chi connectivity index (χ0n) is 11.3. The molecular weight excluding hydrogens is 240 g/mol. The molecule has 0 radical (unpaired) electrons. The number of carbonyl (C=O) groups excluding carboxylic acids is 1. The fourth-order valence-corrected chi connectivity index (χ4v) is 2.38. The monoisotopic (exact) mass is 262 g/mol. The first-order chi connectivity index (χ1) is 9.10. The largest absolute Gasteiger partial charge is 0.508 e. The molecule has 1 amide bonds. The van der Waals surface area contributed by atoms with Crippen LogP contribution in [0.15, 0.2) is 24.3 Å².